The molecule has 9 rings (SSSR count). The second-order valence-electron chi connectivity index (χ2n) is 11.6. The molecule has 0 spiro atoms. The number of hydrogen-bond donors (Lipinski definition) is 0. The van der Waals surface area contributed by atoms with Crippen molar-refractivity contribution in [3.8, 4) is 11.1 Å². The lowest BCUT2D eigenvalue weighted by molar-refractivity contribution is 0.191. The van der Waals surface area contributed by atoms with E-state index in [9.17, 15) is 0 Å². The van der Waals surface area contributed by atoms with Crippen molar-refractivity contribution in [2.45, 2.75) is 50.5 Å². The van der Waals surface area contributed by atoms with E-state index in [0.29, 0.717) is 0 Å². The zero-order valence-electron chi connectivity index (χ0n) is 20.2. The fourth-order valence-corrected chi connectivity index (χ4v) is 8.43. The van der Waals surface area contributed by atoms with Gasteiger partial charge in [-0.3, -0.25) is 0 Å². The van der Waals surface area contributed by atoms with Gasteiger partial charge < -0.3 is 9.32 Å². The van der Waals surface area contributed by atoms with Crippen molar-refractivity contribution in [2.24, 2.45) is 0 Å². The predicted molar refractivity (Wildman–Crippen MR) is 147 cm³/mol. The molecule has 1 fully saturated rings. The fraction of sp³-hybridized carbons (Fsp3) is 0.250. The lowest BCUT2D eigenvalue weighted by atomic mass is 9.37. The van der Waals surface area contributed by atoms with Crippen LogP contribution in [0.5, 0.6) is 0 Å². The molecule has 1 saturated carbocycles. The minimum atomic E-state index is 0.0148. The van der Waals surface area contributed by atoms with Gasteiger partial charge in [0.1, 0.15) is 5.58 Å². The van der Waals surface area contributed by atoms with Gasteiger partial charge in [0.05, 0.1) is 5.54 Å². The van der Waals surface area contributed by atoms with Gasteiger partial charge in [-0.15, -0.1) is 0 Å². The number of fused-ring (bicyclic) bond motifs is 13. The minimum Gasteiger partial charge on any atom is -0.441 e. The average Bonchev–Trinajstić information content (AvgIpc) is 3.49. The first-order valence-electron chi connectivity index (χ1n) is 13.1. The van der Waals surface area contributed by atoms with Gasteiger partial charge in [-0.2, -0.15) is 0 Å². The topological polar surface area (TPSA) is 16.4 Å². The molecule has 0 radical (unpaired) electrons. The number of hydrogen-bond acceptors (Lipinski definition) is 2. The number of furan rings is 1. The zero-order valence-corrected chi connectivity index (χ0v) is 20.2. The Hall–Kier alpha value is -3.46. The Morgan fingerprint density at radius 3 is 2.57 bits per heavy atom. The van der Waals surface area contributed by atoms with Crippen LogP contribution in [0, 0.1) is 0 Å². The van der Waals surface area contributed by atoms with Crippen LogP contribution in [-0.4, -0.2) is 12.3 Å². The van der Waals surface area contributed by atoms with E-state index in [0.717, 1.165) is 11.5 Å². The Kier molecular flexibility index (Phi) is 3.14. The summed E-state index contributed by atoms with van der Waals surface area (Å²) in [7, 11) is 0. The van der Waals surface area contributed by atoms with Crippen molar-refractivity contribution in [3.63, 3.8) is 0 Å². The molecule has 2 atom stereocenters. The van der Waals surface area contributed by atoms with E-state index in [1.165, 1.54) is 80.6 Å². The maximum Gasteiger partial charge on any atom is 0.253 e. The van der Waals surface area contributed by atoms with Crippen molar-refractivity contribution in [2.75, 3.05) is 4.90 Å². The first-order valence-corrected chi connectivity index (χ1v) is 13.1. The molecule has 35 heavy (non-hydrogen) atoms. The van der Waals surface area contributed by atoms with Gasteiger partial charge in [0.15, 0.2) is 5.88 Å². The summed E-state index contributed by atoms with van der Waals surface area (Å²) < 4.78 is 6.95. The second kappa shape index (κ2) is 5.84. The minimum absolute atomic E-state index is 0.0148. The third kappa shape index (κ3) is 1.90. The lowest BCUT2D eigenvalue weighted by Crippen LogP contribution is -2.60. The molecule has 4 heterocycles. The Morgan fingerprint density at radius 2 is 1.63 bits per heavy atom. The standard InChI is InChI=1S/C32H26BNO/c1-31-17-7-8-18-32(31,2)34-29-23(31)15-14-22-21-11-5-6-12-24(21)33(27(22)29)28-26-20-10-4-3-9-19(20)13-16-25(26)35-30(28)34/h3-6,9-16H,7-8,17-18H2,1-2H3. The van der Waals surface area contributed by atoms with Crippen molar-refractivity contribution in [3.05, 3.63) is 78.4 Å². The van der Waals surface area contributed by atoms with E-state index < -0.39 is 0 Å². The van der Waals surface area contributed by atoms with Crippen molar-refractivity contribution in [1.29, 1.82) is 0 Å². The summed E-state index contributed by atoms with van der Waals surface area (Å²) in [6.45, 7) is 5.26. The molecule has 0 amide bonds. The first-order chi connectivity index (χ1) is 17.1. The Bertz CT molecular complexity index is 1770. The summed E-state index contributed by atoms with van der Waals surface area (Å²) in [5.74, 6) is 1.09. The molecular formula is C32H26BNO. The maximum atomic E-state index is 6.95. The van der Waals surface area contributed by atoms with Crippen LogP contribution in [0.15, 0.2) is 77.2 Å². The summed E-state index contributed by atoms with van der Waals surface area (Å²) in [6.07, 6.45) is 5.02. The average molecular weight is 451 g/mol. The van der Waals surface area contributed by atoms with Gasteiger partial charge in [0, 0.05) is 22.0 Å². The fourth-order valence-electron chi connectivity index (χ4n) is 8.43. The Labute approximate surface area is 205 Å². The van der Waals surface area contributed by atoms with E-state index >= 15 is 0 Å². The Balaban J connectivity index is 1.51. The van der Waals surface area contributed by atoms with E-state index in [1.807, 2.05) is 0 Å². The summed E-state index contributed by atoms with van der Waals surface area (Å²) in [5, 5.41) is 3.89. The van der Waals surface area contributed by atoms with Crippen LogP contribution in [0.3, 0.4) is 0 Å². The molecule has 168 valence electrons. The smallest absolute Gasteiger partial charge is 0.253 e. The van der Waals surface area contributed by atoms with Crippen LogP contribution in [-0.2, 0) is 5.41 Å². The van der Waals surface area contributed by atoms with Crippen LogP contribution in [0.4, 0.5) is 11.6 Å². The SMILES string of the molecule is CC12CCCCC1(C)N1c3oc4ccc5ccccc5c4c3B3c4ccccc4-c4ccc2c1c43. The summed E-state index contributed by atoms with van der Waals surface area (Å²) in [6, 6.07) is 27.2. The van der Waals surface area contributed by atoms with Crippen molar-refractivity contribution >= 4 is 56.4 Å². The molecule has 3 heteroatoms. The van der Waals surface area contributed by atoms with Gasteiger partial charge >= 0.3 is 0 Å². The van der Waals surface area contributed by atoms with Crippen molar-refractivity contribution < 1.29 is 4.42 Å². The van der Waals surface area contributed by atoms with Gasteiger partial charge in [-0.25, -0.2) is 0 Å². The Morgan fingerprint density at radius 1 is 0.800 bits per heavy atom. The number of nitrogens with zero attached hydrogens (tertiary/aromatic N) is 1. The van der Waals surface area contributed by atoms with E-state index in [2.05, 4.69) is 91.5 Å². The second-order valence-corrected chi connectivity index (χ2v) is 11.6. The van der Waals surface area contributed by atoms with Crippen LogP contribution >= 0.6 is 0 Å². The molecule has 4 aromatic carbocycles. The van der Waals surface area contributed by atoms with Gasteiger partial charge in [-0.1, -0.05) is 92.0 Å². The summed E-state index contributed by atoms with van der Waals surface area (Å²) in [5.41, 5.74) is 11.3. The molecule has 1 aliphatic carbocycles. The van der Waals surface area contributed by atoms with Crippen LogP contribution in [0.2, 0.25) is 0 Å². The summed E-state index contributed by atoms with van der Waals surface area (Å²) >= 11 is 0. The highest BCUT2D eigenvalue weighted by Crippen LogP contribution is 2.62. The third-order valence-electron chi connectivity index (χ3n) is 10.2. The highest BCUT2D eigenvalue weighted by atomic mass is 16.4. The highest BCUT2D eigenvalue weighted by Gasteiger charge is 2.62. The first kappa shape index (κ1) is 18.8. The quantitative estimate of drug-likeness (QED) is 0.258. The molecule has 5 aromatic rings. The van der Waals surface area contributed by atoms with Gasteiger partial charge in [0.25, 0.3) is 6.71 Å². The normalized spacial score (nSPS) is 25.1. The van der Waals surface area contributed by atoms with Crippen LogP contribution in [0.25, 0.3) is 32.9 Å². The number of anilines is 2. The monoisotopic (exact) mass is 451 g/mol. The van der Waals surface area contributed by atoms with Crippen LogP contribution < -0.4 is 21.3 Å². The highest BCUT2D eigenvalue weighted by molar-refractivity contribution is 7.02. The summed E-state index contributed by atoms with van der Waals surface area (Å²) in [4.78, 5) is 2.67. The maximum absolute atomic E-state index is 6.95. The molecule has 0 bridgehead atoms. The molecule has 2 nitrogen and oxygen atoms in total. The zero-order chi connectivity index (χ0) is 23.1. The lowest BCUT2D eigenvalue weighted by Gasteiger charge is -2.50. The number of benzene rings is 4. The molecule has 2 unspecified atom stereocenters. The largest absolute Gasteiger partial charge is 0.441 e. The third-order valence-corrected chi connectivity index (χ3v) is 10.2. The van der Waals surface area contributed by atoms with Gasteiger partial charge in [0.2, 0.25) is 0 Å². The van der Waals surface area contributed by atoms with Crippen molar-refractivity contribution in [1.82, 2.24) is 0 Å². The molecule has 4 aliphatic rings. The van der Waals surface area contributed by atoms with Gasteiger partial charge in [-0.05, 0) is 58.8 Å². The predicted octanol–water partition coefficient (Wildman–Crippen LogP) is 6.14. The molecule has 0 saturated heterocycles. The van der Waals surface area contributed by atoms with E-state index in [1.54, 1.807) is 0 Å². The van der Waals surface area contributed by atoms with E-state index in [4.69, 9.17) is 4.42 Å². The van der Waals surface area contributed by atoms with E-state index in [-0.39, 0.29) is 17.7 Å². The number of rotatable bonds is 0. The molecule has 3 aliphatic heterocycles. The molecular weight excluding hydrogens is 425 g/mol. The molecule has 0 N–H and O–H groups in total. The molecule has 1 aromatic heterocycles. The van der Waals surface area contributed by atoms with Crippen LogP contribution in [0.1, 0.15) is 45.1 Å².